The van der Waals surface area contributed by atoms with Gasteiger partial charge in [-0.3, -0.25) is 10.1 Å². The maximum atomic E-state index is 12.9. The zero-order chi connectivity index (χ0) is 14.8. The zero-order valence-electron chi connectivity index (χ0n) is 10.3. The summed E-state index contributed by atoms with van der Waals surface area (Å²) in [5, 5.41) is 1.92. The average Bonchev–Trinajstić information content (AvgIpc) is 2.68. The molecule has 1 fully saturated rings. The van der Waals surface area contributed by atoms with Crippen LogP contribution in [0.15, 0.2) is 24.3 Å². The lowest BCUT2D eigenvalue weighted by atomic mass is 10.2. The van der Waals surface area contributed by atoms with E-state index >= 15 is 0 Å². The molecule has 0 radical (unpaired) electrons. The second-order valence-corrected chi connectivity index (χ2v) is 6.62. The number of carbonyl (C=O) groups excluding carboxylic acids is 2. The fourth-order valence-electron chi connectivity index (χ4n) is 1.83. The standard InChI is InChI=1S/C12H12FNO5S/c13-9-3-1-2-8(6-9)11(15)14-12(16)19-10-4-5-20(17,18)7-10/h1-3,6,10H,4-5,7H2,(H,14,15,16). The van der Waals surface area contributed by atoms with Gasteiger partial charge >= 0.3 is 6.09 Å². The number of hydrogen-bond donors (Lipinski definition) is 1. The van der Waals surface area contributed by atoms with Crippen molar-refractivity contribution in [3.63, 3.8) is 0 Å². The molecular weight excluding hydrogens is 289 g/mol. The number of hydrogen-bond acceptors (Lipinski definition) is 5. The molecule has 108 valence electrons. The van der Waals surface area contributed by atoms with E-state index in [1.54, 1.807) is 0 Å². The summed E-state index contributed by atoms with van der Waals surface area (Å²) in [5.74, 6) is -1.69. The van der Waals surface area contributed by atoms with Crippen molar-refractivity contribution in [2.45, 2.75) is 12.5 Å². The van der Waals surface area contributed by atoms with Crippen LogP contribution in [0.3, 0.4) is 0 Å². The molecule has 20 heavy (non-hydrogen) atoms. The van der Waals surface area contributed by atoms with Crippen LogP contribution in [0.25, 0.3) is 0 Å². The van der Waals surface area contributed by atoms with Crippen molar-refractivity contribution in [3.05, 3.63) is 35.6 Å². The van der Waals surface area contributed by atoms with E-state index < -0.39 is 33.8 Å². The summed E-state index contributed by atoms with van der Waals surface area (Å²) in [6.07, 6.45) is -1.58. The minimum atomic E-state index is -3.17. The predicted molar refractivity (Wildman–Crippen MR) is 67.4 cm³/mol. The van der Waals surface area contributed by atoms with Crippen LogP contribution >= 0.6 is 0 Å². The third kappa shape index (κ3) is 3.77. The van der Waals surface area contributed by atoms with E-state index in [9.17, 15) is 22.4 Å². The number of amides is 2. The van der Waals surface area contributed by atoms with Gasteiger partial charge in [0.2, 0.25) is 0 Å². The van der Waals surface area contributed by atoms with E-state index in [1.165, 1.54) is 18.2 Å². The van der Waals surface area contributed by atoms with E-state index in [4.69, 9.17) is 4.74 Å². The topological polar surface area (TPSA) is 89.5 Å². The summed E-state index contributed by atoms with van der Waals surface area (Å²) in [6.45, 7) is 0. The van der Waals surface area contributed by atoms with Gasteiger partial charge in [-0.15, -0.1) is 0 Å². The fraction of sp³-hybridized carbons (Fsp3) is 0.333. The van der Waals surface area contributed by atoms with Crippen molar-refractivity contribution in [2.24, 2.45) is 0 Å². The summed E-state index contributed by atoms with van der Waals surface area (Å²) < 4.78 is 40.1. The minimum Gasteiger partial charge on any atom is -0.445 e. The van der Waals surface area contributed by atoms with Crippen LogP contribution in [-0.2, 0) is 14.6 Å². The second kappa shape index (κ2) is 5.58. The third-order valence-electron chi connectivity index (χ3n) is 2.77. The first-order chi connectivity index (χ1) is 9.35. The average molecular weight is 301 g/mol. The maximum Gasteiger partial charge on any atom is 0.414 e. The molecule has 2 amide bonds. The van der Waals surface area contributed by atoms with Crippen LogP contribution in [0.1, 0.15) is 16.8 Å². The number of ether oxygens (including phenoxy) is 1. The Kier molecular flexibility index (Phi) is 4.03. The van der Waals surface area contributed by atoms with Crippen LogP contribution in [0.5, 0.6) is 0 Å². The first-order valence-electron chi connectivity index (χ1n) is 5.84. The van der Waals surface area contributed by atoms with E-state index in [0.717, 1.165) is 6.07 Å². The molecule has 1 aliphatic rings. The number of halogens is 1. The molecule has 2 rings (SSSR count). The van der Waals surface area contributed by atoms with Crippen LogP contribution in [0.2, 0.25) is 0 Å². The van der Waals surface area contributed by atoms with E-state index in [0.29, 0.717) is 0 Å². The van der Waals surface area contributed by atoms with E-state index in [2.05, 4.69) is 0 Å². The quantitative estimate of drug-likeness (QED) is 0.876. The smallest absolute Gasteiger partial charge is 0.414 e. The fourth-order valence-corrected chi connectivity index (χ4v) is 3.42. The number of rotatable bonds is 2. The van der Waals surface area contributed by atoms with E-state index in [1.807, 2.05) is 5.32 Å². The first-order valence-corrected chi connectivity index (χ1v) is 7.66. The van der Waals surface area contributed by atoms with Gasteiger partial charge in [0.15, 0.2) is 9.84 Å². The molecule has 1 atom stereocenters. The predicted octanol–water partition coefficient (Wildman–Crippen LogP) is 0.879. The molecule has 1 aromatic carbocycles. The minimum absolute atomic E-state index is 0.0269. The molecule has 0 aliphatic carbocycles. The number of nitrogens with one attached hydrogen (secondary N) is 1. The summed E-state index contributed by atoms with van der Waals surface area (Å²) in [4.78, 5) is 23.0. The number of imide groups is 1. The summed E-state index contributed by atoms with van der Waals surface area (Å²) in [5.41, 5.74) is -0.0269. The number of alkyl carbamates (subject to hydrolysis) is 1. The normalized spacial score (nSPS) is 20.4. The van der Waals surface area contributed by atoms with Crippen LogP contribution in [0, 0.1) is 5.82 Å². The Hall–Kier alpha value is -1.96. The van der Waals surface area contributed by atoms with Gasteiger partial charge < -0.3 is 4.74 Å². The van der Waals surface area contributed by atoms with Gasteiger partial charge in [0.1, 0.15) is 11.9 Å². The van der Waals surface area contributed by atoms with Crippen molar-refractivity contribution >= 4 is 21.8 Å². The highest BCUT2D eigenvalue weighted by molar-refractivity contribution is 7.91. The molecule has 1 heterocycles. The number of carbonyl (C=O) groups is 2. The van der Waals surface area contributed by atoms with Gasteiger partial charge in [-0.05, 0) is 24.6 Å². The number of sulfone groups is 1. The van der Waals surface area contributed by atoms with Gasteiger partial charge in [0.05, 0.1) is 11.5 Å². The summed E-state index contributed by atoms with van der Waals surface area (Å²) >= 11 is 0. The zero-order valence-corrected chi connectivity index (χ0v) is 11.2. The lowest BCUT2D eigenvalue weighted by molar-refractivity contribution is 0.0862. The Bertz CT molecular complexity index is 643. The molecule has 0 spiro atoms. The van der Waals surface area contributed by atoms with Crippen LogP contribution in [0.4, 0.5) is 9.18 Å². The molecule has 1 unspecified atom stereocenters. The Balaban J connectivity index is 1.90. The van der Waals surface area contributed by atoms with Gasteiger partial charge in [-0.1, -0.05) is 6.07 Å². The lowest BCUT2D eigenvalue weighted by Crippen LogP contribution is -2.34. The Morgan fingerprint density at radius 3 is 2.70 bits per heavy atom. The molecule has 0 saturated carbocycles. The van der Waals surface area contributed by atoms with Crippen molar-refractivity contribution in [3.8, 4) is 0 Å². The van der Waals surface area contributed by atoms with Crippen molar-refractivity contribution in [1.82, 2.24) is 5.32 Å². The number of benzene rings is 1. The van der Waals surface area contributed by atoms with Crippen molar-refractivity contribution in [2.75, 3.05) is 11.5 Å². The van der Waals surface area contributed by atoms with Crippen molar-refractivity contribution in [1.29, 1.82) is 0 Å². The van der Waals surface area contributed by atoms with E-state index in [-0.39, 0.29) is 23.5 Å². The largest absolute Gasteiger partial charge is 0.445 e. The first kappa shape index (κ1) is 14.4. The highest BCUT2D eigenvalue weighted by Gasteiger charge is 2.31. The molecule has 0 bridgehead atoms. The molecule has 0 aromatic heterocycles. The maximum absolute atomic E-state index is 12.9. The van der Waals surface area contributed by atoms with Gasteiger partial charge in [0.25, 0.3) is 5.91 Å². The molecular formula is C12H12FNO5S. The highest BCUT2D eigenvalue weighted by Crippen LogP contribution is 2.14. The SMILES string of the molecule is O=C(NC(=O)c1cccc(F)c1)OC1CCS(=O)(=O)C1. The van der Waals surface area contributed by atoms with Crippen LogP contribution < -0.4 is 5.32 Å². The molecule has 1 N–H and O–H groups in total. The Labute approximate surface area is 114 Å². The second-order valence-electron chi connectivity index (χ2n) is 4.39. The Morgan fingerprint density at radius 1 is 1.35 bits per heavy atom. The van der Waals surface area contributed by atoms with Gasteiger partial charge in [-0.25, -0.2) is 17.6 Å². The van der Waals surface area contributed by atoms with Gasteiger partial charge in [0, 0.05) is 5.56 Å². The van der Waals surface area contributed by atoms with Gasteiger partial charge in [-0.2, -0.15) is 0 Å². The molecule has 8 heteroatoms. The summed E-state index contributed by atoms with van der Waals surface area (Å²) in [6, 6.07) is 4.81. The van der Waals surface area contributed by atoms with Crippen LogP contribution in [-0.4, -0.2) is 38.0 Å². The monoisotopic (exact) mass is 301 g/mol. The lowest BCUT2D eigenvalue weighted by Gasteiger charge is -2.10. The summed E-state index contributed by atoms with van der Waals surface area (Å²) in [7, 11) is -3.17. The third-order valence-corrected chi connectivity index (χ3v) is 4.50. The molecule has 6 nitrogen and oxygen atoms in total. The molecule has 1 aliphatic heterocycles. The highest BCUT2D eigenvalue weighted by atomic mass is 32.2. The van der Waals surface area contributed by atoms with Crippen molar-refractivity contribution < 1.29 is 27.1 Å². The Morgan fingerprint density at radius 2 is 2.10 bits per heavy atom. The molecule has 1 aromatic rings. The molecule has 1 saturated heterocycles.